The second-order valence-corrected chi connectivity index (χ2v) is 3.36. The van der Waals surface area contributed by atoms with E-state index in [9.17, 15) is 0 Å². The van der Waals surface area contributed by atoms with Gasteiger partial charge in [0.05, 0.1) is 6.04 Å². The molecule has 80 valence electrons. The number of rotatable bonds is 6. The maximum Gasteiger partial charge on any atom is 0.145 e. The molecule has 0 aliphatic rings. The van der Waals surface area contributed by atoms with E-state index < -0.39 is 0 Å². The Morgan fingerprint density at radius 2 is 2.20 bits per heavy atom. The normalized spacial score (nSPS) is 12.0. The number of nitrogens with zero attached hydrogens (tertiary/aromatic N) is 2. The van der Waals surface area contributed by atoms with Crippen LogP contribution in [-0.4, -0.2) is 16.5 Å². The third-order valence-electron chi connectivity index (χ3n) is 2.12. The Bertz CT molecular complexity index is 302. The minimum absolute atomic E-state index is 0.183. The van der Waals surface area contributed by atoms with Crippen molar-refractivity contribution in [2.45, 2.75) is 32.2 Å². The van der Waals surface area contributed by atoms with Gasteiger partial charge in [0.2, 0.25) is 0 Å². The van der Waals surface area contributed by atoms with Gasteiger partial charge >= 0.3 is 0 Å². The van der Waals surface area contributed by atoms with Crippen LogP contribution in [0.4, 0.5) is 0 Å². The molecule has 1 rings (SSSR count). The molecule has 0 aromatic carbocycles. The summed E-state index contributed by atoms with van der Waals surface area (Å²) in [4.78, 5) is 8.49. The number of aromatic nitrogens is 2. The predicted octanol–water partition coefficient (Wildman–Crippen LogP) is 1.93. The lowest BCUT2D eigenvalue weighted by Gasteiger charge is -2.15. The lowest BCUT2D eigenvalue weighted by molar-refractivity contribution is 0.482. The largest absolute Gasteiger partial charge is 0.307 e. The molecule has 0 spiro atoms. The second kappa shape index (κ2) is 6.97. The second-order valence-electron chi connectivity index (χ2n) is 3.36. The van der Waals surface area contributed by atoms with E-state index in [2.05, 4.69) is 28.1 Å². The van der Waals surface area contributed by atoms with Crippen molar-refractivity contribution >= 4 is 0 Å². The molecule has 1 atom stereocenters. The SMILES string of the molecule is C#CCCC(NCCC)c1ncccn1. The lowest BCUT2D eigenvalue weighted by atomic mass is 10.1. The number of terminal acetylenes is 1. The van der Waals surface area contributed by atoms with E-state index in [-0.39, 0.29) is 6.04 Å². The molecule has 1 aromatic heterocycles. The highest BCUT2D eigenvalue weighted by Gasteiger charge is 2.11. The summed E-state index contributed by atoms with van der Waals surface area (Å²) in [5.41, 5.74) is 0. The number of nitrogens with one attached hydrogen (secondary N) is 1. The monoisotopic (exact) mass is 203 g/mol. The maximum atomic E-state index is 5.26. The molecule has 1 N–H and O–H groups in total. The molecule has 0 fully saturated rings. The quantitative estimate of drug-likeness (QED) is 0.718. The van der Waals surface area contributed by atoms with Crippen molar-refractivity contribution in [2.75, 3.05) is 6.54 Å². The summed E-state index contributed by atoms with van der Waals surface area (Å²) in [6, 6.07) is 2.00. The highest BCUT2D eigenvalue weighted by molar-refractivity contribution is 4.97. The Kier molecular flexibility index (Phi) is 5.42. The van der Waals surface area contributed by atoms with E-state index in [4.69, 9.17) is 6.42 Å². The third kappa shape index (κ3) is 4.09. The van der Waals surface area contributed by atoms with Crippen LogP contribution < -0.4 is 5.32 Å². The summed E-state index contributed by atoms with van der Waals surface area (Å²) in [6.45, 7) is 3.10. The molecule has 3 nitrogen and oxygen atoms in total. The van der Waals surface area contributed by atoms with Gasteiger partial charge in [0.1, 0.15) is 5.82 Å². The van der Waals surface area contributed by atoms with Crippen molar-refractivity contribution in [2.24, 2.45) is 0 Å². The molecule has 3 heteroatoms. The van der Waals surface area contributed by atoms with Crippen LogP contribution in [-0.2, 0) is 0 Å². The van der Waals surface area contributed by atoms with Crippen LogP contribution in [0, 0.1) is 12.3 Å². The first-order valence-corrected chi connectivity index (χ1v) is 5.32. The van der Waals surface area contributed by atoms with Crippen molar-refractivity contribution in [1.29, 1.82) is 0 Å². The van der Waals surface area contributed by atoms with E-state index in [1.807, 2.05) is 6.07 Å². The van der Waals surface area contributed by atoms with Gasteiger partial charge in [-0.25, -0.2) is 9.97 Å². The fourth-order valence-electron chi connectivity index (χ4n) is 1.36. The Morgan fingerprint density at radius 1 is 1.47 bits per heavy atom. The van der Waals surface area contributed by atoms with Crippen LogP contribution in [0.25, 0.3) is 0 Å². The van der Waals surface area contributed by atoms with Gasteiger partial charge in [-0.15, -0.1) is 12.3 Å². The average molecular weight is 203 g/mol. The zero-order chi connectivity index (χ0) is 10.9. The maximum absolute atomic E-state index is 5.26. The van der Waals surface area contributed by atoms with E-state index >= 15 is 0 Å². The van der Waals surface area contributed by atoms with Gasteiger partial charge in [-0.1, -0.05) is 6.92 Å². The first-order valence-electron chi connectivity index (χ1n) is 5.32. The summed E-state index contributed by atoms with van der Waals surface area (Å²) in [7, 11) is 0. The zero-order valence-electron chi connectivity index (χ0n) is 9.11. The highest BCUT2D eigenvalue weighted by Crippen LogP contribution is 2.13. The minimum Gasteiger partial charge on any atom is -0.307 e. The minimum atomic E-state index is 0.183. The summed E-state index contributed by atoms with van der Waals surface area (Å²) >= 11 is 0. The van der Waals surface area contributed by atoms with Gasteiger partial charge in [-0.2, -0.15) is 0 Å². The van der Waals surface area contributed by atoms with Crippen molar-refractivity contribution in [3.05, 3.63) is 24.3 Å². The summed E-state index contributed by atoms with van der Waals surface area (Å²) in [5, 5.41) is 3.40. The summed E-state index contributed by atoms with van der Waals surface area (Å²) < 4.78 is 0. The topological polar surface area (TPSA) is 37.8 Å². The van der Waals surface area contributed by atoms with Crippen molar-refractivity contribution in [1.82, 2.24) is 15.3 Å². The molecule has 1 heterocycles. The summed E-state index contributed by atoms with van der Waals surface area (Å²) in [5.74, 6) is 3.48. The van der Waals surface area contributed by atoms with E-state index in [1.165, 1.54) is 0 Å². The fraction of sp³-hybridized carbons (Fsp3) is 0.500. The Labute approximate surface area is 91.3 Å². The highest BCUT2D eigenvalue weighted by atomic mass is 15.0. The molecule has 15 heavy (non-hydrogen) atoms. The third-order valence-corrected chi connectivity index (χ3v) is 2.12. The standard InChI is InChI=1S/C12H17N3/c1-3-5-7-11(13-8-4-2)12-14-9-6-10-15-12/h1,6,9-11,13H,4-5,7-8H2,2H3. The van der Waals surface area contributed by atoms with E-state index in [0.29, 0.717) is 0 Å². The van der Waals surface area contributed by atoms with Gasteiger partial charge in [-0.3, -0.25) is 0 Å². The van der Waals surface area contributed by atoms with Crippen LogP contribution >= 0.6 is 0 Å². The van der Waals surface area contributed by atoms with Gasteiger partial charge in [0.25, 0.3) is 0 Å². The van der Waals surface area contributed by atoms with Gasteiger partial charge < -0.3 is 5.32 Å². The van der Waals surface area contributed by atoms with E-state index in [1.54, 1.807) is 12.4 Å². The molecule has 1 aromatic rings. The molecule has 0 aliphatic heterocycles. The molecule has 1 unspecified atom stereocenters. The first-order chi connectivity index (χ1) is 7.38. The molecule has 0 saturated carbocycles. The summed E-state index contributed by atoms with van der Waals surface area (Å²) in [6.07, 6.45) is 11.5. The Balaban J connectivity index is 2.59. The van der Waals surface area contributed by atoms with Crippen LogP contribution in [0.3, 0.4) is 0 Å². The first kappa shape index (κ1) is 11.7. The zero-order valence-corrected chi connectivity index (χ0v) is 9.11. The van der Waals surface area contributed by atoms with Crippen LogP contribution in [0.2, 0.25) is 0 Å². The van der Waals surface area contributed by atoms with Gasteiger partial charge in [0, 0.05) is 18.8 Å². The van der Waals surface area contributed by atoms with E-state index in [0.717, 1.165) is 31.6 Å². The van der Waals surface area contributed by atoms with Crippen LogP contribution in [0.15, 0.2) is 18.5 Å². The van der Waals surface area contributed by atoms with Crippen molar-refractivity contribution in [3.63, 3.8) is 0 Å². The molecular weight excluding hydrogens is 186 g/mol. The molecule has 0 amide bonds. The van der Waals surface area contributed by atoms with Crippen molar-refractivity contribution in [3.8, 4) is 12.3 Å². The molecule has 0 bridgehead atoms. The molecule has 0 saturated heterocycles. The molecular formula is C12H17N3. The van der Waals surface area contributed by atoms with Crippen LogP contribution in [0.1, 0.15) is 38.1 Å². The fourth-order valence-corrected chi connectivity index (χ4v) is 1.36. The van der Waals surface area contributed by atoms with Gasteiger partial charge in [-0.05, 0) is 25.5 Å². The predicted molar refractivity (Wildman–Crippen MR) is 61.1 cm³/mol. The Hall–Kier alpha value is -1.40. The van der Waals surface area contributed by atoms with Crippen molar-refractivity contribution < 1.29 is 0 Å². The number of hydrogen-bond acceptors (Lipinski definition) is 3. The van der Waals surface area contributed by atoms with Gasteiger partial charge in [0.15, 0.2) is 0 Å². The Morgan fingerprint density at radius 3 is 2.80 bits per heavy atom. The lowest BCUT2D eigenvalue weighted by Crippen LogP contribution is -2.23. The molecule has 0 radical (unpaired) electrons. The smallest absolute Gasteiger partial charge is 0.145 e. The number of hydrogen-bond donors (Lipinski definition) is 1. The van der Waals surface area contributed by atoms with Crippen LogP contribution in [0.5, 0.6) is 0 Å². The molecule has 0 aliphatic carbocycles. The average Bonchev–Trinajstić information content (AvgIpc) is 2.30.